The molecule has 128 valence electrons. The first-order chi connectivity index (χ1) is 11.3. The molecular formula is C17H17F3N2O2. The lowest BCUT2D eigenvalue weighted by Gasteiger charge is -2.45. The summed E-state index contributed by atoms with van der Waals surface area (Å²) in [5.41, 5.74) is 0.536. The highest BCUT2D eigenvalue weighted by molar-refractivity contribution is 5.87. The van der Waals surface area contributed by atoms with Crippen LogP contribution in [0.2, 0.25) is 0 Å². The van der Waals surface area contributed by atoms with E-state index in [0.717, 1.165) is 35.2 Å². The smallest absolute Gasteiger partial charge is 0.416 e. The largest absolute Gasteiger partial charge is 0.481 e. The number of halogens is 3. The topological polar surface area (TPSA) is 65.1 Å². The number of aromatic amines is 1. The monoisotopic (exact) mass is 338 g/mol. The molecule has 3 N–H and O–H groups in total. The maximum Gasteiger partial charge on any atom is 0.416 e. The maximum atomic E-state index is 12.9. The average Bonchev–Trinajstić information content (AvgIpc) is 2.83. The van der Waals surface area contributed by atoms with Gasteiger partial charge in [0.25, 0.3) is 0 Å². The van der Waals surface area contributed by atoms with Gasteiger partial charge < -0.3 is 15.4 Å². The quantitative estimate of drug-likeness (QED) is 0.783. The van der Waals surface area contributed by atoms with Gasteiger partial charge >= 0.3 is 12.1 Å². The van der Waals surface area contributed by atoms with Gasteiger partial charge in [0.2, 0.25) is 0 Å². The minimum atomic E-state index is -4.40. The summed E-state index contributed by atoms with van der Waals surface area (Å²) in [6.45, 7) is 0.626. The number of carboxylic acid groups (broad SMARTS) is 1. The van der Waals surface area contributed by atoms with Gasteiger partial charge in [-0.25, -0.2) is 0 Å². The zero-order chi connectivity index (χ0) is 17.1. The van der Waals surface area contributed by atoms with Crippen molar-refractivity contribution in [2.45, 2.75) is 37.9 Å². The van der Waals surface area contributed by atoms with Crippen LogP contribution in [0.15, 0.2) is 18.2 Å². The molecule has 1 saturated carbocycles. The third-order valence-electron chi connectivity index (χ3n) is 5.50. The van der Waals surface area contributed by atoms with E-state index < -0.39 is 23.1 Å². The highest BCUT2D eigenvalue weighted by Gasteiger charge is 2.53. The van der Waals surface area contributed by atoms with Crippen LogP contribution in [0.3, 0.4) is 0 Å². The van der Waals surface area contributed by atoms with Crippen molar-refractivity contribution in [2.75, 3.05) is 6.54 Å². The van der Waals surface area contributed by atoms with E-state index in [1.807, 2.05) is 0 Å². The molecule has 1 aliphatic heterocycles. The number of hydrogen-bond acceptors (Lipinski definition) is 2. The number of H-pyrrole nitrogens is 1. The molecule has 1 fully saturated rings. The van der Waals surface area contributed by atoms with Gasteiger partial charge in [-0.2, -0.15) is 13.2 Å². The number of carboxylic acids is 1. The molecular weight excluding hydrogens is 321 g/mol. The maximum absolute atomic E-state index is 12.9. The summed E-state index contributed by atoms with van der Waals surface area (Å²) < 4.78 is 38.8. The number of rotatable bonds is 2. The average molecular weight is 338 g/mol. The van der Waals surface area contributed by atoms with Crippen molar-refractivity contribution in [1.29, 1.82) is 0 Å². The third kappa shape index (κ3) is 2.07. The van der Waals surface area contributed by atoms with E-state index >= 15 is 0 Å². The van der Waals surface area contributed by atoms with Gasteiger partial charge in [0, 0.05) is 16.6 Å². The zero-order valence-electron chi connectivity index (χ0n) is 12.8. The predicted molar refractivity (Wildman–Crippen MR) is 81.7 cm³/mol. The van der Waals surface area contributed by atoms with Crippen molar-refractivity contribution in [2.24, 2.45) is 5.41 Å². The van der Waals surface area contributed by atoms with Crippen LogP contribution in [0, 0.1) is 5.41 Å². The summed E-state index contributed by atoms with van der Waals surface area (Å²) in [5.74, 6) is -0.839. The van der Waals surface area contributed by atoms with Crippen LogP contribution >= 0.6 is 0 Å². The second-order valence-corrected chi connectivity index (χ2v) is 6.73. The fourth-order valence-electron chi connectivity index (χ4n) is 4.07. The van der Waals surface area contributed by atoms with Crippen molar-refractivity contribution >= 4 is 16.9 Å². The summed E-state index contributed by atoms with van der Waals surface area (Å²) >= 11 is 0. The standard InChI is InChI=1S/C17H17F3N2O2/c18-17(19,20)9-2-3-10-11-4-7-21-14(13(11)22-12(10)8-9)16(15(23)24)5-1-6-16/h2-3,8,14,21-22H,1,4-7H2,(H,23,24). The Balaban J connectivity index is 1.85. The number of carbonyl (C=O) groups is 1. The van der Waals surface area contributed by atoms with E-state index in [1.165, 1.54) is 6.07 Å². The molecule has 0 spiro atoms. The van der Waals surface area contributed by atoms with Gasteiger partial charge in [-0.05, 0) is 43.5 Å². The molecule has 2 aliphatic rings. The number of aromatic nitrogens is 1. The molecule has 7 heteroatoms. The van der Waals surface area contributed by atoms with Crippen molar-refractivity contribution in [3.8, 4) is 0 Å². The summed E-state index contributed by atoms with van der Waals surface area (Å²) in [4.78, 5) is 14.9. The van der Waals surface area contributed by atoms with Crippen LogP contribution in [0.25, 0.3) is 10.9 Å². The van der Waals surface area contributed by atoms with Gasteiger partial charge in [-0.1, -0.05) is 12.5 Å². The Morgan fingerprint density at radius 3 is 2.62 bits per heavy atom. The first kappa shape index (κ1) is 15.5. The molecule has 1 aliphatic carbocycles. The normalized spacial score (nSPS) is 22.9. The number of fused-ring (bicyclic) bond motifs is 3. The van der Waals surface area contributed by atoms with Crippen LogP contribution < -0.4 is 5.32 Å². The van der Waals surface area contributed by atoms with Crippen molar-refractivity contribution < 1.29 is 23.1 Å². The van der Waals surface area contributed by atoms with Crippen LogP contribution in [0.1, 0.15) is 42.1 Å². The molecule has 1 atom stereocenters. The lowest BCUT2D eigenvalue weighted by molar-refractivity contribution is -0.158. The molecule has 0 saturated heterocycles. The molecule has 0 bridgehead atoms. The predicted octanol–water partition coefficient (Wildman–Crippen LogP) is 3.63. The molecule has 1 aromatic carbocycles. The Kier molecular flexibility index (Phi) is 3.22. The Labute approximate surface area is 136 Å². The number of aliphatic carboxylic acids is 1. The first-order valence-corrected chi connectivity index (χ1v) is 8.01. The molecule has 1 aromatic heterocycles. The molecule has 4 rings (SSSR count). The third-order valence-corrected chi connectivity index (χ3v) is 5.50. The van der Waals surface area contributed by atoms with Gasteiger partial charge in [0.05, 0.1) is 17.0 Å². The van der Waals surface area contributed by atoms with E-state index in [2.05, 4.69) is 10.3 Å². The fraction of sp³-hybridized carbons (Fsp3) is 0.471. The number of benzene rings is 1. The molecule has 2 heterocycles. The number of nitrogens with one attached hydrogen (secondary N) is 2. The molecule has 24 heavy (non-hydrogen) atoms. The first-order valence-electron chi connectivity index (χ1n) is 8.01. The molecule has 4 nitrogen and oxygen atoms in total. The van der Waals surface area contributed by atoms with Gasteiger partial charge in [-0.3, -0.25) is 4.79 Å². The summed E-state index contributed by atoms with van der Waals surface area (Å²) in [7, 11) is 0. The minimum Gasteiger partial charge on any atom is -0.481 e. The Morgan fingerprint density at radius 1 is 1.29 bits per heavy atom. The molecule has 1 unspecified atom stereocenters. The summed E-state index contributed by atoms with van der Waals surface area (Å²) in [6, 6.07) is 3.31. The van der Waals surface area contributed by atoms with Crippen molar-refractivity contribution in [3.05, 3.63) is 35.0 Å². The van der Waals surface area contributed by atoms with Gasteiger partial charge in [0.15, 0.2) is 0 Å². The van der Waals surface area contributed by atoms with Crippen LogP contribution in [0.5, 0.6) is 0 Å². The second-order valence-electron chi connectivity index (χ2n) is 6.73. The van der Waals surface area contributed by atoms with Crippen molar-refractivity contribution in [3.63, 3.8) is 0 Å². The Morgan fingerprint density at radius 2 is 2.04 bits per heavy atom. The minimum absolute atomic E-state index is 0.380. The fourth-order valence-corrected chi connectivity index (χ4v) is 4.07. The highest BCUT2D eigenvalue weighted by Crippen LogP contribution is 2.52. The van der Waals surface area contributed by atoms with E-state index in [0.29, 0.717) is 31.3 Å². The molecule has 0 radical (unpaired) electrons. The lowest BCUT2D eigenvalue weighted by atomic mass is 9.62. The summed E-state index contributed by atoms with van der Waals surface area (Å²) in [6.07, 6.45) is -1.69. The van der Waals surface area contributed by atoms with Crippen LogP contribution in [-0.2, 0) is 17.4 Å². The Bertz CT molecular complexity index is 821. The van der Waals surface area contributed by atoms with E-state index in [4.69, 9.17) is 0 Å². The SMILES string of the molecule is O=C(O)C1(C2NCCc3c2[nH]c2cc(C(F)(F)F)ccc32)CCC1. The Hall–Kier alpha value is -2.02. The molecule has 0 amide bonds. The van der Waals surface area contributed by atoms with Crippen molar-refractivity contribution in [1.82, 2.24) is 10.3 Å². The number of alkyl halides is 3. The summed E-state index contributed by atoms with van der Waals surface area (Å²) in [5, 5.41) is 13.7. The zero-order valence-corrected chi connectivity index (χ0v) is 12.8. The van der Waals surface area contributed by atoms with Crippen LogP contribution in [0.4, 0.5) is 13.2 Å². The van der Waals surface area contributed by atoms with Gasteiger partial charge in [0.1, 0.15) is 0 Å². The lowest BCUT2D eigenvalue weighted by Crippen LogP contribution is -2.50. The van der Waals surface area contributed by atoms with Gasteiger partial charge in [-0.15, -0.1) is 0 Å². The molecule has 2 aromatic rings. The highest BCUT2D eigenvalue weighted by atomic mass is 19.4. The second kappa shape index (κ2) is 4.99. The van der Waals surface area contributed by atoms with E-state index in [9.17, 15) is 23.1 Å². The van der Waals surface area contributed by atoms with Crippen LogP contribution in [-0.4, -0.2) is 22.6 Å². The van der Waals surface area contributed by atoms with E-state index in [1.54, 1.807) is 0 Å². The number of hydrogen-bond donors (Lipinski definition) is 3. The van der Waals surface area contributed by atoms with E-state index in [-0.39, 0.29) is 6.04 Å².